The predicted molar refractivity (Wildman–Crippen MR) is 63.4 cm³/mol. The molecule has 1 aromatic rings. The highest BCUT2D eigenvalue weighted by atomic mass is 16.6. The lowest BCUT2D eigenvalue weighted by Gasteiger charge is -2.09. The van der Waals surface area contributed by atoms with Crippen molar-refractivity contribution in [2.45, 2.75) is 27.2 Å². The zero-order valence-electron chi connectivity index (χ0n) is 10.1. The molecule has 1 aromatic carbocycles. The van der Waals surface area contributed by atoms with Crippen LogP contribution >= 0.6 is 0 Å². The molecule has 0 N–H and O–H groups in total. The Bertz CT molecular complexity index is 454. The van der Waals surface area contributed by atoms with E-state index in [2.05, 4.69) is 0 Å². The number of ketones is 1. The van der Waals surface area contributed by atoms with Crippen LogP contribution in [0.4, 0.5) is 5.69 Å². The van der Waals surface area contributed by atoms with Crippen molar-refractivity contribution in [3.05, 3.63) is 33.4 Å². The summed E-state index contributed by atoms with van der Waals surface area (Å²) in [5.74, 6) is 0.0988. The predicted octanol–water partition coefficient (Wildman–Crippen LogP) is 2.57. The second-order valence-electron chi connectivity index (χ2n) is 3.87. The highest BCUT2D eigenvalue weighted by molar-refractivity contribution is 5.79. The summed E-state index contributed by atoms with van der Waals surface area (Å²) in [6, 6.07) is 3.23. The molecule has 0 bridgehead atoms. The summed E-state index contributed by atoms with van der Waals surface area (Å²) in [5, 5.41) is 10.9. The Kier molecular flexibility index (Phi) is 4.20. The Balaban J connectivity index is 3.04. The molecule has 0 fully saturated rings. The van der Waals surface area contributed by atoms with Gasteiger partial charge < -0.3 is 4.74 Å². The van der Waals surface area contributed by atoms with Crippen molar-refractivity contribution in [1.82, 2.24) is 0 Å². The standard InChI is InChI=1S/C12H15NO4/c1-4-10(14)7-17-12-9(3)5-8(2)6-11(12)13(15)16/h5-6H,4,7H2,1-3H3. The molecular formula is C12H15NO4. The monoisotopic (exact) mass is 237 g/mol. The van der Waals surface area contributed by atoms with Crippen LogP contribution in [0.1, 0.15) is 24.5 Å². The van der Waals surface area contributed by atoms with Gasteiger partial charge in [0.05, 0.1) is 4.92 Å². The fraction of sp³-hybridized carbons (Fsp3) is 0.417. The van der Waals surface area contributed by atoms with Crippen molar-refractivity contribution in [1.29, 1.82) is 0 Å². The van der Waals surface area contributed by atoms with Crippen LogP contribution in [0, 0.1) is 24.0 Å². The third-order valence-electron chi connectivity index (χ3n) is 2.37. The van der Waals surface area contributed by atoms with Crippen LogP contribution in [0.5, 0.6) is 5.75 Å². The summed E-state index contributed by atoms with van der Waals surface area (Å²) in [4.78, 5) is 21.5. The molecule has 17 heavy (non-hydrogen) atoms. The number of hydrogen-bond acceptors (Lipinski definition) is 4. The van der Waals surface area contributed by atoms with E-state index in [1.807, 2.05) is 0 Å². The van der Waals surface area contributed by atoms with Gasteiger partial charge in [-0.1, -0.05) is 13.0 Å². The maximum Gasteiger partial charge on any atom is 0.311 e. The van der Waals surface area contributed by atoms with Crippen LogP contribution in [0.25, 0.3) is 0 Å². The topological polar surface area (TPSA) is 69.4 Å². The number of aryl methyl sites for hydroxylation is 2. The van der Waals surface area contributed by atoms with Crippen LogP contribution in [0.15, 0.2) is 12.1 Å². The van der Waals surface area contributed by atoms with E-state index in [1.54, 1.807) is 26.8 Å². The molecule has 0 unspecified atom stereocenters. The van der Waals surface area contributed by atoms with E-state index in [9.17, 15) is 14.9 Å². The van der Waals surface area contributed by atoms with Crippen molar-refractivity contribution < 1.29 is 14.5 Å². The lowest BCUT2D eigenvalue weighted by Crippen LogP contribution is -2.11. The third kappa shape index (κ3) is 3.27. The van der Waals surface area contributed by atoms with Gasteiger partial charge in [0.1, 0.15) is 6.61 Å². The second-order valence-corrected chi connectivity index (χ2v) is 3.87. The Labute approximate surface area is 99.5 Å². The minimum absolute atomic E-state index is 0.0840. The zero-order chi connectivity index (χ0) is 13.0. The SMILES string of the molecule is CCC(=O)COc1c(C)cc(C)cc1[N+](=O)[O-]. The van der Waals surface area contributed by atoms with E-state index >= 15 is 0 Å². The summed E-state index contributed by atoms with van der Waals surface area (Å²) in [6.45, 7) is 5.11. The number of hydrogen-bond donors (Lipinski definition) is 0. The fourth-order valence-electron chi connectivity index (χ4n) is 1.51. The summed E-state index contributed by atoms with van der Waals surface area (Å²) < 4.78 is 5.25. The Morgan fingerprint density at radius 3 is 2.59 bits per heavy atom. The van der Waals surface area contributed by atoms with Gasteiger partial charge in [-0.2, -0.15) is 0 Å². The summed E-state index contributed by atoms with van der Waals surface area (Å²) in [7, 11) is 0. The first kappa shape index (κ1) is 13.2. The Morgan fingerprint density at radius 1 is 1.41 bits per heavy atom. The second kappa shape index (κ2) is 5.43. The minimum Gasteiger partial charge on any atom is -0.479 e. The highest BCUT2D eigenvalue weighted by Gasteiger charge is 2.19. The van der Waals surface area contributed by atoms with Gasteiger partial charge in [-0.3, -0.25) is 14.9 Å². The average molecular weight is 237 g/mol. The average Bonchev–Trinajstić information content (AvgIpc) is 2.26. The maximum absolute atomic E-state index is 11.1. The molecule has 5 nitrogen and oxygen atoms in total. The van der Waals surface area contributed by atoms with Crippen LogP contribution in [-0.4, -0.2) is 17.3 Å². The van der Waals surface area contributed by atoms with Crippen molar-refractivity contribution in [3.63, 3.8) is 0 Å². The number of nitro benzene ring substituents is 1. The zero-order valence-corrected chi connectivity index (χ0v) is 10.1. The highest BCUT2D eigenvalue weighted by Crippen LogP contribution is 2.31. The molecule has 5 heteroatoms. The van der Waals surface area contributed by atoms with E-state index in [0.717, 1.165) is 5.56 Å². The minimum atomic E-state index is -0.494. The molecule has 0 amide bonds. The summed E-state index contributed by atoms with van der Waals surface area (Å²) in [6.07, 6.45) is 0.360. The first-order chi connectivity index (χ1) is 7.95. The maximum atomic E-state index is 11.1. The molecule has 0 atom stereocenters. The van der Waals surface area contributed by atoms with Crippen LogP contribution in [0.3, 0.4) is 0 Å². The first-order valence-electron chi connectivity index (χ1n) is 5.35. The third-order valence-corrected chi connectivity index (χ3v) is 2.37. The number of carbonyl (C=O) groups is 1. The first-order valence-corrected chi connectivity index (χ1v) is 5.35. The molecule has 0 saturated heterocycles. The molecule has 0 radical (unpaired) electrons. The van der Waals surface area contributed by atoms with Gasteiger partial charge in [-0.05, 0) is 25.0 Å². The van der Waals surface area contributed by atoms with Gasteiger partial charge >= 0.3 is 5.69 Å². The summed E-state index contributed by atoms with van der Waals surface area (Å²) >= 11 is 0. The van der Waals surface area contributed by atoms with Gasteiger partial charge in [0.2, 0.25) is 5.75 Å². The van der Waals surface area contributed by atoms with Crippen LogP contribution in [-0.2, 0) is 4.79 Å². The van der Waals surface area contributed by atoms with Crippen molar-refractivity contribution >= 4 is 11.5 Å². The van der Waals surface area contributed by atoms with Gasteiger partial charge in [-0.25, -0.2) is 0 Å². The van der Waals surface area contributed by atoms with Gasteiger partial charge in [-0.15, -0.1) is 0 Å². The van der Waals surface area contributed by atoms with Crippen LogP contribution in [0.2, 0.25) is 0 Å². The number of nitro groups is 1. The van der Waals surface area contributed by atoms with Crippen molar-refractivity contribution in [2.75, 3.05) is 6.61 Å². The number of carbonyl (C=O) groups excluding carboxylic acids is 1. The van der Waals surface area contributed by atoms with E-state index in [-0.39, 0.29) is 23.8 Å². The number of Topliss-reactive ketones (excluding diaryl/α,β-unsaturated/α-hetero) is 1. The molecular weight excluding hydrogens is 222 g/mol. The molecule has 0 aromatic heterocycles. The Hall–Kier alpha value is -1.91. The van der Waals surface area contributed by atoms with E-state index in [0.29, 0.717) is 12.0 Å². The molecule has 0 aliphatic rings. The number of nitrogens with zero attached hydrogens (tertiary/aromatic N) is 1. The fourth-order valence-corrected chi connectivity index (χ4v) is 1.51. The van der Waals surface area contributed by atoms with Gasteiger partial charge in [0, 0.05) is 12.5 Å². The van der Waals surface area contributed by atoms with Crippen LogP contribution < -0.4 is 4.74 Å². The number of rotatable bonds is 5. The lowest BCUT2D eigenvalue weighted by molar-refractivity contribution is -0.385. The normalized spacial score (nSPS) is 10.1. The van der Waals surface area contributed by atoms with Gasteiger partial charge in [0.15, 0.2) is 5.78 Å². The molecule has 0 aliphatic heterocycles. The number of ether oxygens (including phenoxy) is 1. The molecule has 0 spiro atoms. The van der Waals surface area contributed by atoms with E-state index in [4.69, 9.17) is 4.74 Å². The lowest BCUT2D eigenvalue weighted by atomic mass is 10.1. The van der Waals surface area contributed by atoms with E-state index in [1.165, 1.54) is 6.07 Å². The molecule has 0 saturated carbocycles. The van der Waals surface area contributed by atoms with Crippen molar-refractivity contribution in [3.8, 4) is 5.75 Å². The molecule has 0 aliphatic carbocycles. The molecule has 1 rings (SSSR count). The molecule has 0 heterocycles. The number of benzene rings is 1. The Morgan fingerprint density at radius 2 is 2.06 bits per heavy atom. The quantitative estimate of drug-likeness (QED) is 0.583. The van der Waals surface area contributed by atoms with Crippen molar-refractivity contribution in [2.24, 2.45) is 0 Å². The molecule has 92 valence electrons. The van der Waals surface area contributed by atoms with Gasteiger partial charge in [0.25, 0.3) is 0 Å². The largest absolute Gasteiger partial charge is 0.479 e. The van der Waals surface area contributed by atoms with E-state index < -0.39 is 4.92 Å². The smallest absolute Gasteiger partial charge is 0.311 e. The summed E-state index contributed by atoms with van der Waals surface area (Å²) in [5.41, 5.74) is 1.37.